The Morgan fingerprint density at radius 3 is 3.07 bits per heavy atom. The molecule has 146 valence electrons. The molecule has 0 saturated carbocycles. The van der Waals surface area contributed by atoms with Gasteiger partial charge in [-0.25, -0.2) is 0 Å². The molecule has 2 heterocycles. The summed E-state index contributed by atoms with van der Waals surface area (Å²) in [6.45, 7) is 6.51. The number of amides is 1. The Morgan fingerprint density at radius 1 is 1.44 bits per heavy atom. The summed E-state index contributed by atoms with van der Waals surface area (Å²) in [4.78, 5) is 12.8. The minimum Gasteiger partial charge on any atom is -0.489 e. The number of rotatable bonds is 9. The Labute approximate surface area is 160 Å². The molecule has 0 bridgehead atoms. The molecular formula is C21H28N2O4. The van der Waals surface area contributed by atoms with Crippen LogP contribution in [0.2, 0.25) is 0 Å². The molecule has 0 radical (unpaired) electrons. The van der Waals surface area contributed by atoms with Gasteiger partial charge in [0.1, 0.15) is 18.1 Å². The van der Waals surface area contributed by atoms with E-state index in [9.17, 15) is 4.79 Å². The third-order valence-electron chi connectivity index (χ3n) is 4.75. The molecular weight excluding hydrogens is 344 g/mol. The monoisotopic (exact) mass is 372 g/mol. The van der Waals surface area contributed by atoms with Crippen LogP contribution < -0.4 is 10.1 Å². The number of methoxy groups -OCH3 is 1. The number of carbonyl (C=O) groups excluding carboxylic acids is 1. The SMILES string of the molecule is C=CCOc1cccc2c1cc(C(=O)NCCOC)n2CC1CCCCO1. The van der Waals surface area contributed by atoms with Crippen molar-refractivity contribution in [2.24, 2.45) is 0 Å². The lowest BCUT2D eigenvalue weighted by atomic mass is 10.1. The van der Waals surface area contributed by atoms with E-state index < -0.39 is 0 Å². The summed E-state index contributed by atoms with van der Waals surface area (Å²) in [5.74, 6) is 0.635. The molecule has 1 unspecified atom stereocenters. The smallest absolute Gasteiger partial charge is 0.268 e. The lowest BCUT2D eigenvalue weighted by molar-refractivity contribution is 0.00637. The lowest BCUT2D eigenvalue weighted by Gasteiger charge is -2.24. The maximum Gasteiger partial charge on any atom is 0.268 e. The zero-order valence-corrected chi connectivity index (χ0v) is 15.9. The number of aromatic nitrogens is 1. The lowest BCUT2D eigenvalue weighted by Crippen LogP contribution is -2.31. The van der Waals surface area contributed by atoms with Gasteiger partial charge in [-0.3, -0.25) is 4.79 Å². The molecule has 1 aliphatic rings. The number of benzene rings is 1. The van der Waals surface area contributed by atoms with Crippen molar-refractivity contribution in [2.45, 2.75) is 31.9 Å². The number of nitrogens with one attached hydrogen (secondary N) is 1. The van der Waals surface area contributed by atoms with E-state index in [0.29, 0.717) is 32.0 Å². The minimum absolute atomic E-state index is 0.117. The van der Waals surface area contributed by atoms with Gasteiger partial charge in [0, 0.05) is 32.2 Å². The van der Waals surface area contributed by atoms with Crippen molar-refractivity contribution in [2.75, 3.05) is 33.5 Å². The van der Waals surface area contributed by atoms with E-state index in [1.807, 2.05) is 28.8 Å². The van der Waals surface area contributed by atoms with Gasteiger partial charge in [-0.2, -0.15) is 0 Å². The van der Waals surface area contributed by atoms with E-state index >= 15 is 0 Å². The zero-order chi connectivity index (χ0) is 19.1. The fourth-order valence-electron chi connectivity index (χ4n) is 3.43. The Morgan fingerprint density at radius 2 is 2.33 bits per heavy atom. The van der Waals surface area contributed by atoms with Crippen LogP contribution in [-0.4, -0.2) is 50.1 Å². The predicted molar refractivity (Wildman–Crippen MR) is 105 cm³/mol. The second kappa shape index (κ2) is 9.58. The predicted octanol–water partition coefficient (Wildman–Crippen LogP) is 3.15. The normalized spacial score (nSPS) is 17.0. The van der Waals surface area contributed by atoms with Crippen LogP contribution >= 0.6 is 0 Å². The van der Waals surface area contributed by atoms with Crippen molar-refractivity contribution >= 4 is 16.8 Å². The summed E-state index contributed by atoms with van der Waals surface area (Å²) >= 11 is 0. The van der Waals surface area contributed by atoms with Crippen LogP contribution in [0.1, 0.15) is 29.8 Å². The average Bonchev–Trinajstić information content (AvgIpc) is 3.06. The highest BCUT2D eigenvalue weighted by Crippen LogP contribution is 2.30. The van der Waals surface area contributed by atoms with E-state index in [-0.39, 0.29) is 12.0 Å². The highest BCUT2D eigenvalue weighted by Gasteiger charge is 2.22. The van der Waals surface area contributed by atoms with Crippen LogP contribution in [0.15, 0.2) is 36.9 Å². The number of hydrogen-bond donors (Lipinski definition) is 1. The van der Waals surface area contributed by atoms with Crippen molar-refractivity contribution in [1.82, 2.24) is 9.88 Å². The Balaban J connectivity index is 1.95. The van der Waals surface area contributed by atoms with Crippen LogP contribution in [0.25, 0.3) is 10.9 Å². The van der Waals surface area contributed by atoms with Gasteiger partial charge in [-0.15, -0.1) is 0 Å². The average molecular weight is 372 g/mol. The Hall–Kier alpha value is -2.31. The molecule has 1 aliphatic heterocycles. The largest absolute Gasteiger partial charge is 0.489 e. The topological polar surface area (TPSA) is 61.7 Å². The Kier molecular flexibility index (Phi) is 6.90. The molecule has 1 amide bonds. The van der Waals surface area contributed by atoms with Crippen molar-refractivity contribution in [3.63, 3.8) is 0 Å². The molecule has 1 N–H and O–H groups in total. The van der Waals surface area contributed by atoms with Crippen molar-refractivity contribution in [3.05, 3.63) is 42.6 Å². The number of nitrogens with zero attached hydrogens (tertiary/aromatic N) is 1. The highest BCUT2D eigenvalue weighted by molar-refractivity contribution is 6.00. The van der Waals surface area contributed by atoms with Crippen LogP contribution in [0.4, 0.5) is 0 Å². The van der Waals surface area contributed by atoms with Gasteiger partial charge < -0.3 is 24.1 Å². The molecule has 3 rings (SSSR count). The molecule has 6 nitrogen and oxygen atoms in total. The van der Waals surface area contributed by atoms with Crippen LogP contribution in [-0.2, 0) is 16.0 Å². The fraction of sp³-hybridized carbons (Fsp3) is 0.476. The summed E-state index contributed by atoms with van der Waals surface area (Å²) < 4.78 is 18.8. The van der Waals surface area contributed by atoms with Gasteiger partial charge in [-0.1, -0.05) is 18.7 Å². The molecule has 1 saturated heterocycles. The van der Waals surface area contributed by atoms with Crippen LogP contribution in [0, 0.1) is 0 Å². The molecule has 1 fully saturated rings. The fourth-order valence-corrected chi connectivity index (χ4v) is 3.43. The summed E-state index contributed by atoms with van der Waals surface area (Å²) in [6, 6.07) is 7.79. The highest BCUT2D eigenvalue weighted by atomic mass is 16.5. The quantitative estimate of drug-likeness (QED) is 0.543. The Bertz CT molecular complexity index is 778. The molecule has 1 atom stereocenters. The van der Waals surface area contributed by atoms with E-state index in [1.54, 1.807) is 13.2 Å². The van der Waals surface area contributed by atoms with Crippen molar-refractivity contribution in [1.29, 1.82) is 0 Å². The molecule has 6 heteroatoms. The maximum atomic E-state index is 12.8. The number of carbonyl (C=O) groups is 1. The van der Waals surface area contributed by atoms with Crippen LogP contribution in [0.3, 0.4) is 0 Å². The van der Waals surface area contributed by atoms with Gasteiger partial charge in [-0.05, 0) is 37.5 Å². The number of ether oxygens (including phenoxy) is 3. The summed E-state index contributed by atoms with van der Waals surface area (Å²) in [6.07, 6.45) is 5.11. The molecule has 0 aliphatic carbocycles. The summed E-state index contributed by atoms with van der Waals surface area (Å²) in [5.41, 5.74) is 1.59. The second-order valence-electron chi connectivity index (χ2n) is 6.67. The molecule has 1 aromatic carbocycles. The number of hydrogen-bond acceptors (Lipinski definition) is 4. The van der Waals surface area contributed by atoms with Gasteiger partial charge >= 0.3 is 0 Å². The van der Waals surface area contributed by atoms with E-state index in [2.05, 4.69) is 11.9 Å². The molecule has 27 heavy (non-hydrogen) atoms. The first kappa shape index (κ1) is 19.5. The molecule has 0 spiro atoms. The van der Waals surface area contributed by atoms with Gasteiger partial charge in [0.2, 0.25) is 0 Å². The molecule has 2 aromatic rings. The third-order valence-corrected chi connectivity index (χ3v) is 4.75. The standard InChI is InChI=1S/C21H28N2O4/c1-3-11-27-20-9-6-8-18-17(20)14-19(21(24)22-10-13-25-2)23(18)15-16-7-4-5-12-26-16/h3,6,8-9,14,16H,1,4-5,7,10-13,15H2,2H3,(H,22,24). The summed E-state index contributed by atoms with van der Waals surface area (Å²) in [5, 5.41) is 3.84. The minimum atomic E-state index is -0.117. The third kappa shape index (κ3) is 4.70. The van der Waals surface area contributed by atoms with E-state index in [0.717, 1.165) is 42.5 Å². The first-order valence-corrected chi connectivity index (χ1v) is 9.49. The van der Waals surface area contributed by atoms with Gasteiger partial charge in [0.25, 0.3) is 5.91 Å². The first-order chi connectivity index (χ1) is 13.2. The maximum absolute atomic E-state index is 12.8. The summed E-state index contributed by atoms with van der Waals surface area (Å²) in [7, 11) is 1.62. The first-order valence-electron chi connectivity index (χ1n) is 9.49. The van der Waals surface area contributed by atoms with E-state index in [4.69, 9.17) is 14.2 Å². The number of fused-ring (bicyclic) bond motifs is 1. The van der Waals surface area contributed by atoms with Crippen LogP contribution in [0.5, 0.6) is 5.75 Å². The van der Waals surface area contributed by atoms with Crippen molar-refractivity contribution < 1.29 is 19.0 Å². The van der Waals surface area contributed by atoms with Gasteiger partial charge in [0.05, 0.1) is 18.2 Å². The zero-order valence-electron chi connectivity index (χ0n) is 15.9. The van der Waals surface area contributed by atoms with Crippen molar-refractivity contribution in [3.8, 4) is 5.75 Å². The second-order valence-corrected chi connectivity index (χ2v) is 6.67. The van der Waals surface area contributed by atoms with Gasteiger partial charge in [0.15, 0.2) is 0 Å². The van der Waals surface area contributed by atoms with E-state index in [1.165, 1.54) is 0 Å². The molecule has 1 aromatic heterocycles.